The van der Waals surface area contributed by atoms with Crippen molar-refractivity contribution in [3.8, 4) is 17.6 Å². The summed E-state index contributed by atoms with van der Waals surface area (Å²) in [6.45, 7) is 0.260. The van der Waals surface area contributed by atoms with Crippen LogP contribution in [0.15, 0.2) is 36.5 Å². The molecule has 3 heterocycles. The van der Waals surface area contributed by atoms with Gasteiger partial charge in [0.05, 0.1) is 5.69 Å². The molecule has 3 aliphatic rings. The molecule has 2 fully saturated rings. The second kappa shape index (κ2) is 8.63. The highest BCUT2D eigenvalue weighted by Crippen LogP contribution is 2.30. The monoisotopic (exact) mass is 458 g/mol. The molecule has 9 heteroatoms. The summed E-state index contributed by atoms with van der Waals surface area (Å²) in [4.78, 5) is 56.3. The lowest BCUT2D eigenvalue weighted by atomic mass is 10.0. The molecule has 2 aromatic rings. The first kappa shape index (κ1) is 21.6. The van der Waals surface area contributed by atoms with E-state index in [0.717, 1.165) is 18.4 Å². The number of imide groups is 1. The van der Waals surface area contributed by atoms with Crippen LogP contribution in [-0.4, -0.2) is 46.8 Å². The van der Waals surface area contributed by atoms with E-state index in [0.29, 0.717) is 22.9 Å². The number of benzene rings is 1. The second-order valence-corrected chi connectivity index (χ2v) is 8.59. The van der Waals surface area contributed by atoms with Gasteiger partial charge in [-0.05, 0) is 55.0 Å². The zero-order valence-electron chi connectivity index (χ0n) is 18.5. The van der Waals surface area contributed by atoms with E-state index in [2.05, 4.69) is 22.1 Å². The van der Waals surface area contributed by atoms with Gasteiger partial charge in [0.1, 0.15) is 17.5 Å². The number of ether oxygens (including phenoxy) is 1. The number of carbonyl (C=O) groups excluding carboxylic acids is 4. The third-order valence-electron chi connectivity index (χ3n) is 6.09. The van der Waals surface area contributed by atoms with Crippen molar-refractivity contribution in [2.24, 2.45) is 5.92 Å². The molecule has 5 rings (SSSR count). The highest BCUT2D eigenvalue weighted by atomic mass is 16.6. The number of anilines is 1. The Labute approximate surface area is 196 Å². The molecule has 0 radical (unpaired) electrons. The van der Waals surface area contributed by atoms with Crippen LogP contribution in [0.25, 0.3) is 0 Å². The van der Waals surface area contributed by atoms with Gasteiger partial charge in [-0.1, -0.05) is 12.0 Å². The molecule has 172 valence electrons. The Balaban J connectivity index is 1.27. The average Bonchev–Trinajstić information content (AvgIpc) is 3.61. The van der Waals surface area contributed by atoms with Crippen LogP contribution >= 0.6 is 0 Å². The summed E-state index contributed by atoms with van der Waals surface area (Å²) in [5.41, 5.74) is 2.28. The van der Waals surface area contributed by atoms with E-state index in [1.807, 2.05) is 0 Å². The molecule has 1 aromatic carbocycles. The number of rotatable bonds is 3. The van der Waals surface area contributed by atoms with Crippen molar-refractivity contribution in [1.29, 1.82) is 0 Å². The molecule has 2 aliphatic heterocycles. The minimum atomic E-state index is -0.696. The Bertz CT molecular complexity index is 1270. The first-order valence-corrected chi connectivity index (χ1v) is 11.1. The zero-order chi connectivity index (χ0) is 23.8. The van der Waals surface area contributed by atoms with Crippen LogP contribution < -0.4 is 15.0 Å². The molecule has 4 amide bonds. The third-order valence-corrected chi connectivity index (χ3v) is 6.09. The van der Waals surface area contributed by atoms with Crippen molar-refractivity contribution < 1.29 is 23.9 Å². The number of nitrogens with zero attached hydrogens (tertiary/aromatic N) is 3. The maximum atomic E-state index is 13.0. The van der Waals surface area contributed by atoms with Crippen LogP contribution in [0, 0.1) is 17.8 Å². The summed E-state index contributed by atoms with van der Waals surface area (Å²) in [5.74, 6) is 5.71. The predicted molar refractivity (Wildman–Crippen MR) is 121 cm³/mol. The molecular formula is C25H22N4O5. The van der Waals surface area contributed by atoms with Gasteiger partial charge >= 0.3 is 6.09 Å². The zero-order valence-corrected chi connectivity index (χ0v) is 18.5. The Hall–Kier alpha value is -4.19. The number of pyridine rings is 1. The van der Waals surface area contributed by atoms with Gasteiger partial charge in [-0.25, -0.2) is 9.78 Å². The molecule has 0 spiro atoms. The topological polar surface area (TPSA) is 109 Å². The Morgan fingerprint density at radius 3 is 2.76 bits per heavy atom. The van der Waals surface area contributed by atoms with Crippen molar-refractivity contribution >= 4 is 29.5 Å². The number of hydrogen-bond donors (Lipinski definition) is 1. The van der Waals surface area contributed by atoms with Gasteiger partial charge < -0.3 is 9.64 Å². The molecule has 1 saturated heterocycles. The predicted octanol–water partition coefficient (Wildman–Crippen LogP) is 2.24. The van der Waals surface area contributed by atoms with Crippen molar-refractivity contribution in [3.63, 3.8) is 0 Å². The minimum absolute atomic E-state index is 0.189. The lowest BCUT2D eigenvalue weighted by molar-refractivity contribution is -0.136. The van der Waals surface area contributed by atoms with Crippen LogP contribution in [0.4, 0.5) is 10.5 Å². The van der Waals surface area contributed by atoms with E-state index in [-0.39, 0.29) is 37.0 Å². The summed E-state index contributed by atoms with van der Waals surface area (Å²) in [7, 11) is 1.58. The molecule has 1 N–H and O–H groups in total. The maximum Gasteiger partial charge on any atom is 0.419 e. The van der Waals surface area contributed by atoms with Crippen molar-refractivity contribution in [1.82, 2.24) is 15.2 Å². The molecule has 1 aromatic heterocycles. The summed E-state index contributed by atoms with van der Waals surface area (Å²) >= 11 is 0. The molecule has 1 saturated carbocycles. The van der Waals surface area contributed by atoms with Gasteiger partial charge in [-0.15, -0.1) is 0 Å². The Morgan fingerprint density at radius 1 is 1.18 bits per heavy atom. The first-order chi connectivity index (χ1) is 16.4. The van der Waals surface area contributed by atoms with Gasteiger partial charge in [0.15, 0.2) is 0 Å². The van der Waals surface area contributed by atoms with Crippen molar-refractivity contribution in [2.75, 3.05) is 11.9 Å². The number of amides is 4. The first-order valence-electron chi connectivity index (χ1n) is 11.1. The molecular weight excluding hydrogens is 436 g/mol. The summed E-state index contributed by atoms with van der Waals surface area (Å²) in [6, 6.07) is 7.55. The van der Waals surface area contributed by atoms with Crippen LogP contribution in [0.5, 0.6) is 5.75 Å². The number of aromatic nitrogens is 1. The van der Waals surface area contributed by atoms with E-state index < -0.39 is 18.0 Å². The SMILES string of the molecule is CN(C(=O)Oc1ccc2c(c1)C(=O)N(C1CCC(=O)NC1=O)C2)c1ccnc(C#CC2CC2)c1. The number of nitrogens with one attached hydrogen (secondary N) is 1. The number of carbonyl (C=O) groups is 4. The Kier molecular flexibility index (Phi) is 5.49. The largest absolute Gasteiger partial charge is 0.419 e. The fourth-order valence-electron chi connectivity index (χ4n) is 3.97. The molecule has 1 atom stereocenters. The number of fused-ring (bicyclic) bond motifs is 1. The summed E-state index contributed by atoms with van der Waals surface area (Å²) in [5, 5.41) is 2.28. The normalized spacial score (nSPS) is 19.1. The van der Waals surface area contributed by atoms with Gasteiger partial charge in [-0.2, -0.15) is 0 Å². The average molecular weight is 458 g/mol. The smallest absolute Gasteiger partial charge is 0.410 e. The molecule has 9 nitrogen and oxygen atoms in total. The highest BCUT2D eigenvalue weighted by Gasteiger charge is 2.39. The van der Waals surface area contributed by atoms with E-state index in [1.54, 1.807) is 37.5 Å². The number of piperidine rings is 1. The van der Waals surface area contributed by atoms with E-state index in [1.165, 1.54) is 15.9 Å². The van der Waals surface area contributed by atoms with Crippen LogP contribution in [-0.2, 0) is 16.1 Å². The van der Waals surface area contributed by atoms with Gasteiger partial charge in [0.2, 0.25) is 11.8 Å². The van der Waals surface area contributed by atoms with Gasteiger partial charge in [0, 0.05) is 37.7 Å². The molecule has 1 aliphatic carbocycles. The van der Waals surface area contributed by atoms with E-state index in [4.69, 9.17) is 4.74 Å². The lowest BCUT2D eigenvalue weighted by Gasteiger charge is -2.29. The fourth-order valence-corrected chi connectivity index (χ4v) is 3.97. The van der Waals surface area contributed by atoms with Crippen LogP contribution in [0.1, 0.15) is 47.3 Å². The quantitative estimate of drug-likeness (QED) is 0.558. The number of hydrogen-bond acceptors (Lipinski definition) is 6. The van der Waals surface area contributed by atoms with E-state index in [9.17, 15) is 19.2 Å². The van der Waals surface area contributed by atoms with Gasteiger partial charge in [0.25, 0.3) is 5.91 Å². The lowest BCUT2D eigenvalue weighted by Crippen LogP contribution is -2.52. The molecule has 1 unspecified atom stereocenters. The van der Waals surface area contributed by atoms with Gasteiger partial charge in [-0.3, -0.25) is 24.6 Å². The van der Waals surface area contributed by atoms with Crippen LogP contribution in [0.2, 0.25) is 0 Å². The molecule has 0 bridgehead atoms. The molecule has 34 heavy (non-hydrogen) atoms. The maximum absolute atomic E-state index is 13.0. The summed E-state index contributed by atoms with van der Waals surface area (Å²) in [6.07, 6.45) is 3.68. The highest BCUT2D eigenvalue weighted by molar-refractivity contribution is 6.05. The van der Waals surface area contributed by atoms with Crippen molar-refractivity contribution in [2.45, 2.75) is 38.3 Å². The van der Waals surface area contributed by atoms with Crippen molar-refractivity contribution in [3.05, 3.63) is 53.3 Å². The third kappa shape index (κ3) is 4.35. The van der Waals surface area contributed by atoms with E-state index >= 15 is 0 Å². The van der Waals surface area contributed by atoms with Crippen LogP contribution in [0.3, 0.4) is 0 Å². The standard InChI is InChI=1S/C25H22N4O5/c1-28(18-10-11-26-17(12-18)6-4-15-2-3-15)25(33)34-19-7-5-16-14-29(24(32)20(16)13-19)21-8-9-22(30)27-23(21)31/h5,7,10-13,15,21H,2-3,8-9,14H2,1H3,(H,27,30,31). The fraction of sp³-hybridized carbons (Fsp3) is 0.320. The second-order valence-electron chi connectivity index (χ2n) is 8.59. The Morgan fingerprint density at radius 2 is 2.00 bits per heavy atom. The minimum Gasteiger partial charge on any atom is -0.410 e. The summed E-state index contributed by atoms with van der Waals surface area (Å²) < 4.78 is 5.50.